The molecule has 4 rings (SSSR count). The number of carbonyl (C=O) groups excluding carboxylic acids is 2. The summed E-state index contributed by atoms with van der Waals surface area (Å²) in [5.74, 6) is -2.07. The van der Waals surface area contributed by atoms with Gasteiger partial charge in [-0.25, -0.2) is 14.4 Å². The Bertz CT molecular complexity index is 1510. The van der Waals surface area contributed by atoms with Crippen LogP contribution < -0.4 is 20.3 Å². The zero-order valence-electron chi connectivity index (χ0n) is 24.5. The van der Waals surface area contributed by atoms with Gasteiger partial charge in [-0.2, -0.15) is 13.2 Å². The molecule has 14 heteroatoms. The first kappa shape index (κ1) is 32.9. The number of hydrogen-bond acceptors (Lipinski definition) is 7. The molecule has 236 valence electrons. The van der Waals surface area contributed by atoms with Crippen LogP contribution in [-0.4, -0.2) is 79.1 Å². The monoisotopic (exact) mass is 636 g/mol. The second-order valence-electron chi connectivity index (χ2n) is 10.0. The van der Waals surface area contributed by atoms with Gasteiger partial charge in [-0.15, -0.1) is 0 Å². The molecule has 1 aromatic heterocycles. The number of anilines is 1. The molecule has 2 aromatic carbocycles. The zero-order valence-corrected chi connectivity index (χ0v) is 25.2. The van der Waals surface area contributed by atoms with Crippen molar-refractivity contribution in [3.8, 4) is 17.0 Å². The SMILES string of the molecule is CCOc1ncncc1-c1ccc(N2CCN(C(=O)c3ccc(Cl)cc3C(F)(F)F)C[C@H]2CC)c(C(=O)NCCNC)c1F. The van der Waals surface area contributed by atoms with Crippen LogP contribution >= 0.6 is 11.6 Å². The smallest absolute Gasteiger partial charge is 0.417 e. The number of nitrogens with one attached hydrogen (secondary N) is 2. The minimum Gasteiger partial charge on any atom is -0.477 e. The second kappa shape index (κ2) is 14.2. The van der Waals surface area contributed by atoms with Crippen LogP contribution in [0.2, 0.25) is 5.02 Å². The van der Waals surface area contributed by atoms with E-state index in [-0.39, 0.29) is 60.4 Å². The highest BCUT2D eigenvalue weighted by atomic mass is 35.5. The van der Waals surface area contributed by atoms with Gasteiger partial charge in [-0.1, -0.05) is 18.5 Å². The van der Waals surface area contributed by atoms with Crippen molar-refractivity contribution in [1.82, 2.24) is 25.5 Å². The molecule has 0 aliphatic carbocycles. The van der Waals surface area contributed by atoms with Crippen LogP contribution in [0.5, 0.6) is 5.88 Å². The molecule has 1 aliphatic heterocycles. The number of nitrogens with zero attached hydrogens (tertiary/aromatic N) is 4. The first-order chi connectivity index (χ1) is 21.0. The fourth-order valence-electron chi connectivity index (χ4n) is 5.19. The van der Waals surface area contributed by atoms with Crippen LogP contribution in [0.15, 0.2) is 42.9 Å². The van der Waals surface area contributed by atoms with Crippen molar-refractivity contribution in [3.63, 3.8) is 0 Å². The van der Waals surface area contributed by atoms with Crippen molar-refractivity contribution in [2.24, 2.45) is 0 Å². The number of alkyl halides is 3. The average molecular weight is 637 g/mol. The van der Waals surface area contributed by atoms with Gasteiger partial charge in [0.1, 0.15) is 12.1 Å². The topological polar surface area (TPSA) is 99.7 Å². The summed E-state index contributed by atoms with van der Waals surface area (Å²) < 4.78 is 63.2. The van der Waals surface area contributed by atoms with Crippen molar-refractivity contribution >= 4 is 29.1 Å². The molecule has 0 radical (unpaired) electrons. The highest BCUT2D eigenvalue weighted by Gasteiger charge is 2.39. The van der Waals surface area contributed by atoms with E-state index in [4.69, 9.17) is 16.3 Å². The van der Waals surface area contributed by atoms with E-state index in [1.165, 1.54) is 29.6 Å². The largest absolute Gasteiger partial charge is 0.477 e. The molecule has 1 aliphatic rings. The van der Waals surface area contributed by atoms with Gasteiger partial charge in [-0.05, 0) is 50.7 Å². The summed E-state index contributed by atoms with van der Waals surface area (Å²) in [6.07, 6.45) is -1.63. The van der Waals surface area contributed by atoms with Crippen LogP contribution in [0.3, 0.4) is 0 Å². The number of hydrogen-bond donors (Lipinski definition) is 2. The number of aromatic nitrogens is 2. The minimum atomic E-state index is -4.78. The van der Waals surface area contributed by atoms with E-state index >= 15 is 4.39 Å². The number of benzene rings is 2. The fourth-order valence-corrected chi connectivity index (χ4v) is 5.36. The van der Waals surface area contributed by atoms with Crippen LogP contribution in [-0.2, 0) is 6.18 Å². The average Bonchev–Trinajstić information content (AvgIpc) is 3.00. The predicted octanol–water partition coefficient (Wildman–Crippen LogP) is 5.04. The quantitative estimate of drug-likeness (QED) is 0.238. The van der Waals surface area contributed by atoms with E-state index in [2.05, 4.69) is 20.6 Å². The lowest BCUT2D eigenvalue weighted by Crippen LogP contribution is -2.55. The normalized spacial score (nSPS) is 15.3. The lowest BCUT2D eigenvalue weighted by atomic mass is 9.98. The Morgan fingerprint density at radius 3 is 2.57 bits per heavy atom. The standard InChI is InChI=1S/C30H33ClF4N6O3/c1-4-19-16-40(29(43)21-7-6-18(31)14-23(21)30(33,34)35)12-13-41(19)24-9-8-20(22-15-37-17-39-28(22)44-5-2)26(32)25(24)27(42)38-11-10-36-3/h6-9,14-15,17,19,36H,4-5,10-13,16H2,1-3H3,(H,38,42)/t19-/m1/s1. The number of likely N-dealkylation sites (N-methyl/N-ethyl adjacent to an activating group) is 1. The summed E-state index contributed by atoms with van der Waals surface area (Å²) in [4.78, 5) is 38.1. The molecular weight excluding hydrogens is 604 g/mol. The zero-order chi connectivity index (χ0) is 32.0. The number of piperazine rings is 1. The lowest BCUT2D eigenvalue weighted by molar-refractivity contribution is -0.138. The molecule has 0 spiro atoms. The van der Waals surface area contributed by atoms with E-state index in [1.807, 2.05) is 11.8 Å². The summed E-state index contributed by atoms with van der Waals surface area (Å²) in [6.45, 7) is 4.82. The molecule has 3 aromatic rings. The van der Waals surface area contributed by atoms with Crippen LogP contribution in [0.4, 0.5) is 23.2 Å². The molecule has 1 saturated heterocycles. The van der Waals surface area contributed by atoms with E-state index in [1.54, 1.807) is 20.0 Å². The molecule has 9 nitrogen and oxygen atoms in total. The Balaban J connectivity index is 1.71. The molecular formula is C30H33ClF4N6O3. The first-order valence-electron chi connectivity index (χ1n) is 14.1. The number of amides is 2. The van der Waals surface area contributed by atoms with Crippen molar-refractivity contribution in [1.29, 1.82) is 0 Å². The molecule has 2 heterocycles. The molecule has 0 saturated carbocycles. The Labute approximate surface area is 257 Å². The maximum absolute atomic E-state index is 16.4. The van der Waals surface area contributed by atoms with Crippen molar-refractivity contribution < 1.29 is 31.9 Å². The molecule has 2 amide bonds. The summed E-state index contributed by atoms with van der Waals surface area (Å²) in [6, 6.07) is 5.77. The third-order valence-corrected chi connectivity index (χ3v) is 7.56. The maximum atomic E-state index is 16.4. The summed E-state index contributed by atoms with van der Waals surface area (Å²) >= 11 is 5.80. The van der Waals surface area contributed by atoms with Gasteiger partial charge < -0.3 is 25.2 Å². The minimum absolute atomic E-state index is 0.0421. The summed E-state index contributed by atoms with van der Waals surface area (Å²) in [5.41, 5.74) is -1.18. The van der Waals surface area contributed by atoms with Crippen molar-refractivity contribution in [2.75, 3.05) is 51.3 Å². The Hall–Kier alpha value is -3.97. The fraction of sp³-hybridized carbons (Fsp3) is 0.400. The third-order valence-electron chi connectivity index (χ3n) is 7.32. The van der Waals surface area contributed by atoms with Gasteiger partial charge in [0.2, 0.25) is 5.88 Å². The predicted molar refractivity (Wildman–Crippen MR) is 159 cm³/mol. The number of rotatable bonds is 10. The molecule has 2 N–H and O–H groups in total. The van der Waals surface area contributed by atoms with E-state index in [9.17, 15) is 22.8 Å². The van der Waals surface area contributed by atoms with Crippen molar-refractivity contribution in [2.45, 2.75) is 32.5 Å². The van der Waals surface area contributed by atoms with Crippen LogP contribution in [0.25, 0.3) is 11.1 Å². The van der Waals surface area contributed by atoms with Crippen LogP contribution in [0.1, 0.15) is 46.5 Å². The Kier molecular flexibility index (Phi) is 10.6. The molecule has 1 fully saturated rings. The Morgan fingerprint density at radius 1 is 1.11 bits per heavy atom. The van der Waals surface area contributed by atoms with Gasteiger partial charge in [0.15, 0.2) is 0 Å². The molecule has 44 heavy (non-hydrogen) atoms. The molecule has 1 atom stereocenters. The van der Waals surface area contributed by atoms with Gasteiger partial charge in [-0.3, -0.25) is 9.59 Å². The summed E-state index contributed by atoms with van der Waals surface area (Å²) in [5, 5.41) is 5.52. The van der Waals surface area contributed by atoms with E-state index < -0.39 is 41.0 Å². The highest BCUT2D eigenvalue weighted by molar-refractivity contribution is 6.30. The van der Waals surface area contributed by atoms with E-state index in [0.29, 0.717) is 18.7 Å². The van der Waals surface area contributed by atoms with Crippen molar-refractivity contribution in [3.05, 3.63) is 70.4 Å². The van der Waals surface area contributed by atoms with Gasteiger partial charge in [0.05, 0.1) is 34.5 Å². The maximum Gasteiger partial charge on any atom is 0.417 e. The lowest BCUT2D eigenvalue weighted by Gasteiger charge is -2.43. The van der Waals surface area contributed by atoms with Gasteiger partial charge >= 0.3 is 6.18 Å². The number of ether oxygens (including phenoxy) is 1. The second-order valence-corrected chi connectivity index (χ2v) is 10.5. The first-order valence-corrected chi connectivity index (χ1v) is 14.5. The molecule has 0 bridgehead atoms. The Morgan fingerprint density at radius 2 is 1.89 bits per heavy atom. The van der Waals surface area contributed by atoms with Gasteiger partial charge in [0.25, 0.3) is 11.8 Å². The van der Waals surface area contributed by atoms with Crippen LogP contribution in [0, 0.1) is 5.82 Å². The highest BCUT2D eigenvalue weighted by Crippen LogP contribution is 2.38. The number of halogens is 5. The van der Waals surface area contributed by atoms with Gasteiger partial charge in [0, 0.05) is 55.5 Å². The third kappa shape index (κ3) is 7.05. The molecule has 0 unspecified atom stereocenters. The summed E-state index contributed by atoms with van der Waals surface area (Å²) in [7, 11) is 1.72. The van der Waals surface area contributed by atoms with E-state index in [0.717, 1.165) is 12.1 Å². The number of carbonyl (C=O) groups is 2.